The molecule has 1 fully saturated rings. The molecule has 11 heteroatoms. The van der Waals surface area contributed by atoms with Crippen molar-refractivity contribution >= 4 is 40.8 Å². The summed E-state index contributed by atoms with van der Waals surface area (Å²) in [7, 11) is 0. The van der Waals surface area contributed by atoms with Crippen molar-refractivity contribution in [2.24, 2.45) is 17.3 Å². The summed E-state index contributed by atoms with van der Waals surface area (Å²) < 4.78 is 82.2. The van der Waals surface area contributed by atoms with Gasteiger partial charge in [0.2, 0.25) is 0 Å². The summed E-state index contributed by atoms with van der Waals surface area (Å²) in [4.78, 5) is 12.1. The van der Waals surface area contributed by atoms with Crippen LogP contribution >= 0.6 is 34.8 Å². The number of ether oxygens (including phenoxy) is 1. The Morgan fingerprint density at radius 2 is 1.70 bits per heavy atom. The van der Waals surface area contributed by atoms with Gasteiger partial charge in [0.05, 0.1) is 11.0 Å². The first-order valence-corrected chi connectivity index (χ1v) is 8.43. The van der Waals surface area contributed by atoms with Crippen molar-refractivity contribution in [2.45, 2.75) is 24.5 Å². The summed E-state index contributed by atoms with van der Waals surface area (Å²) in [5, 5.41) is -0.669. The lowest BCUT2D eigenvalue weighted by Crippen LogP contribution is -2.26. The molecule has 2 rings (SSSR count). The van der Waals surface area contributed by atoms with Gasteiger partial charge in [0.15, 0.2) is 17.5 Å². The number of alkyl halides is 5. The minimum Gasteiger partial charge on any atom is -0.397 e. The molecule has 0 bridgehead atoms. The van der Waals surface area contributed by atoms with E-state index in [0.717, 1.165) is 6.08 Å². The zero-order valence-electron chi connectivity index (χ0n) is 13.6. The second kappa shape index (κ2) is 7.04. The molecule has 1 aliphatic carbocycles. The van der Waals surface area contributed by atoms with Crippen LogP contribution in [0, 0.1) is 34.7 Å². The molecule has 1 aliphatic rings. The van der Waals surface area contributed by atoms with E-state index < -0.39 is 62.0 Å². The predicted octanol–water partition coefficient (Wildman–Crippen LogP) is 6.19. The smallest absolute Gasteiger partial charge is 0.397 e. The van der Waals surface area contributed by atoms with E-state index >= 15 is 0 Å². The topological polar surface area (TPSA) is 26.3 Å². The maximum Gasteiger partial charge on any atom is 0.431 e. The molecule has 2 unspecified atom stereocenters. The molecule has 0 aromatic heterocycles. The standard InChI is InChI=1S/C16H11Cl3F6O2/c1-14(2)7(5-9(17)15(18,19)23)10(14)13(26)27-16(24,25)6-3-4-8(20)12(22)11(6)21/h3-5,7,10H,1-2H3. The molecule has 27 heavy (non-hydrogen) atoms. The predicted molar refractivity (Wildman–Crippen MR) is 86.5 cm³/mol. The molecule has 1 aromatic carbocycles. The molecule has 0 spiro atoms. The highest BCUT2D eigenvalue weighted by Crippen LogP contribution is 2.61. The summed E-state index contributed by atoms with van der Waals surface area (Å²) in [5.41, 5.74) is -2.62. The summed E-state index contributed by atoms with van der Waals surface area (Å²) >= 11 is 15.9. The van der Waals surface area contributed by atoms with Gasteiger partial charge in [-0.1, -0.05) is 54.7 Å². The molecule has 0 amide bonds. The third kappa shape index (κ3) is 4.32. The molecule has 150 valence electrons. The van der Waals surface area contributed by atoms with Crippen molar-refractivity contribution in [3.63, 3.8) is 0 Å². The number of allylic oxidation sites excluding steroid dienone is 2. The van der Waals surface area contributed by atoms with Crippen LogP contribution < -0.4 is 0 Å². The van der Waals surface area contributed by atoms with Gasteiger partial charge in [0, 0.05) is 0 Å². The van der Waals surface area contributed by atoms with Crippen LogP contribution in [0.25, 0.3) is 0 Å². The second-order valence-electron chi connectivity index (χ2n) is 6.50. The summed E-state index contributed by atoms with van der Waals surface area (Å²) in [6.45, 7) is 2.95. The normalized spacial score (nSPS) is 22.6. The third-order valence-electron chi connectivity index (χ3n) is 4.34. The number of rotatable bonds is 5. The number of benzene rings is 1. The monoisotopic (exact) mass is 454 g/mol. The SMILES string of the molecule is CC1(C)C(C=C(Cl)C(F)(Cl)Cl)C1C(=O)OC(F)(F)c1ccc(F)c(F)c1F. The maximum absolute atomic E-state index is 14.1. The van der Waals surface area contributed by atoms with Crippen LogP contribution in [0.2, 0.25) is 0 Å². The Kier molecular flexibility index (Phi) is 5.78. The average molecular weight is 456 g/mol. The molecular weight excluding hydrogens is 445 g/mol. The fourth-order valence-electron chi connectivity index (χ4n) is 2.69. The molecule has 1 aromatic rings. The Hall–Kier alpha value is -1.12. The van der Waals surface area contributed by atoms with Crippen LogP contribution in [0.1, 0.15) is 19.4 Å². The number of carbonyl (C=O) groups is 1. The average Bonchev–Trinajstić information content (AvgIpc) is 3.04. The first-order valence-electron chi connectivity index (χ1n) is 7.30. The minimum absolute atomic E-state index is 0.256. The van der Waals surface area contributed by atoms with Gasteiger partial charge in [0.25, 0.3) is 4.59 Å². The van der Waals surface area contributed by atoms with E-state index in [0.29, 0.717) is 0 Å². The van der Waals surface area contributed by atoms with Crippen molar-refractivity contribution < 1.29 is 35.9 Å². The van der Waals surface area contributed by atoms with Gasteiger partial charge >= 0.3 is 12.1 Å². The summed E-state index contributed by atoms with van der Waals surface area (Å²) in [6, 6.07) is 0.523. The van der Waals surface area contributed by atoms with E-state index in [1.807, 2.05) is 0 Å². The second-order valence-corrected chi connectivity index (χ2v) is 8.14. The number of esters is 1. The van der Waals surface area contributed by atoms with Crippen LogP contribution in [0.3, 0.4) is 0 Å². The zero-order chi connectivity index (χ0) is 20.9. The minimum atomic E-state index is -4.57. The Morgan fingerprint density at radius 1 is 1.15 bits per heavy atom. The molecule has 0 heterocycles. The molecule has 1 saturated carbocycles. The first kappa shape index (κ1) is 22.2. The van der Waals surface area contributed by atoms with E-state index in [1.54, 1.807) is 0 Å². The van der Waals surface area contributed by atoms with Crippen LogP contribution in [-0.2, 0) is 15.6 Å². The number of carbonyl (C=O) groups excluding carboxylic acids is 1. The maximum atomic E-state index is 14.1. The van der Waals surface area contributed by atoms with Crippen molar-refractivity contribution in [1.29, 1.82) is 0 Å². The van der Waals surface area contributed by atoms with Crippen LogP contribution in [0.4, 0.5) is 26.3 Å². The fourth-order valence-corrected chi connectivity index (χ4v) is 2.95. The molecule has 2 atom stereocenters. The van der Waals surface area contributed by atoms with Gasteiger partial charge < -0.3 is 4.74 Å². The van der Waals surface area contributed by atoms with E-state index in [-0.39, 0.29) is 12.1 Å². The van der Waals surface area contributed by atoms with Crippen molar-refractivity contribution in [3.8, 4) is 0 Å². The van der Waals surface area contributed by atoms with Gasteiger partial charge in [-0.25, -0.2) is 17.6 Å². The lowest BCUT2D eigenvalue weighted by Gasteiger charge is -2.18. The number of hydrogen-bond acceptors (Lipinski definition) is 2. The van der Waals surface area contributed by atoms with Gasteiger partial charge in [-0.15, -0.1) is 0 Å². The van der Waals surface area contributed by atoms with Crippen molar-refractivity contribution in [3.05, 3.63) is 46.3 Å². The Labute approximate surface area is 165 Å². The first-order chi connectivity index (χ1) is 12.1. The molecule has 0 radical (unpaired) electrons. The van der Waals surface area contributed by atoms with E-state index in [1.165, 1.54) is 13.8 Å². The highest BCUT2D eigenvalue weighted by Gasteiger charge is 2.63. The molecule has 0 N–H and O–H groups in total. The number of hydrogen-bond donors (Lipinski definition) is 0. The van der Waals surface area contributed by atoms with Gasteiger partial charge in [-0.05, 0) is 23.5 Å². The Bertz CT molecular complexity index is 804. The molecular formula is C16H11Cl3F6O2. The molecule has 2 nitrogen and oxygen atoms in total. The van der Waals surface area contributed by atoms with Gasteiger partial charge in [0.1, 0.15) is 5.56 Å². The van der Waals surface area contributed by atoms with Crippen LogP contribution in [0.5, 0.6) is 0 Å². The van der Waals surface area contributed by atoms with Crippen LogP contribution in [0.15, 0.2) is 23.2 Å². The lowest BCUT2D eigenvalue weighted by molar-refractivity contribution is -0.243. The van der Waals surface area contributed by atoms with Crippen molar-refractivity contribution in [2.75, 3.05) is 0 Å². The highest BCUT2D eigenvalue weighted by atomic mass is 35.5. The van der Waals surface area contributed by atoms with Gasteiger partial charge in [-0.3, -0.25) is 4.79 Å². The Morgan fingerprint density at radius 3 is 2.22 bits per heavy atom. The van der Waals surface area contributed by atoms with E-state index in [2.05, 4.69) is 4.74 Å². The largest absolute Gasteiger partial charge is 0.431 e. The summed E-state index contributed by atoms with van der Waals surface area (Å²) in [5.74, 6) is -9.54. The zero-order valence-corrected chi connectivity index (χ0v) is 15.9. The van der Waals surface area contributed by atoms with E-state index in [4.69, 9.17) is 34.8 Å². The Balaban J connectivity index is 2.23. The summed E-state index contributed by atoms with van der Waals surface area (Å²) in [6.07, 6.45) is -3.58. The van der Waals surface area contributed by atoms with Gasteiger partial charge in [-0.2, -0.15) is 8.78 Å². The lowest BCUT2D eigenvalue weighted by atomic mass is 10.1. The fraction of sp³-hybridized carbons (Fsp3) is 0.438. The van der Waals surface area contributed by atoms with Crippen molar-refractivity contribution in [1.82, 2.24) is 0 Å². The van der Waals surface area contributed by atoms with E-state index in [9.17, 15) is 31.1 Å². The number of halogens is 9. The third-order valence-corrected chi connectivity index (χ3v) is 5.33. The van der Waals surface area contributed by atoms with Crippen LogP contribution in [-0.4, -0.2) is 10.6 Å². The molecule has 0 saturated heterocycles. The highest BCUT2D eigenvalue weighted by molar-refractivity contribution is 6.54. The quantitative estimate of drug-likeness (QED) is 0.229. The molecule has 0 aliphatic heterocycles.